The van der Waals surface area contributed by atoms with Crippen molar-refractivity contribution in [2.45, 2.75) is 13.8 Å². The van der Waals surface area contributed by atoms with Gasteiger partial charge in [0, 0.05) is 17.7 Å². The van der Waals surface area contributed by atoms with Gasteiger partial charge in [0.1, 0.15) is 6.61 Å². The summed E-state index contributed by atoms with van der Waals surface area (Å²) >= 11 is 3.56. The average Bonchev–Trinajstić information content (AvgIpc) is 2.93. The van der Waals surface area contributed by atoms with E-state index in [-0.39, 0.29) is 5.91 Å². The Morgan fingerprint density at radius 1 is 1.19 bits per heavy atom. The van der Waals surface area contributed by atoms with E-state index in [9.17, 15) is 4.79 Å². The summed E-state index contributed by atoms with van der Waals surface area (Å²) in [6.45, 7) is 9.12. The van der Waals surface area contributed by atoms with E-state index < -0.39 is 0 Å². The first kappa shape index (κ1) is 19.2. The molecule has 0 saturated heterocycles. The molecule has 5 heteroatoms. The van der Waals surface area contributed by atoms with E-state index in [2.05, 4.69) is 22.5 Å². The number of anilines is 1. The van der Waals surface area contributed by atoms with Crippen LogP contribution in [0, 0.1) is 0 Å². The number of hydrogen-bond acceptors (Lipinski definition) is 3. The maximum Gasteiger partial charge on any atom is 0.258 e. The molecule has 27 heavy (non-hydrogen) atoms. The monoisotopic (exact) mass is 427 g/mol. The number of ether oxygens (including phenoxy) is 2. The van der Waals surface area contributed by atoms with Crippen LogP contribution in [0.5, 0.6) is 11.5 Å². The van der Waals surface area contributed by atoms with Crippen molar-refractivity contribution in [2.75, 3.05) is 24.7 Å². The Labute approximate surface area is 168 Å². The van der Waals surface area contributed by atoms with Gasteiger partial charge in [-0.3, -0.25) is 4.79 Å². The van der Waals surface area contributed by atoms with Gasteiger partial charge in [-0.15, -0.1) is 0 Å². The molecule has 140 valence electrons. The van der Waals surface area contributed by atoms with Crippen LogP contribution in [-0.4, -0.2) is 25.7 Å². The minimum Gasteiger partial charge on any atom is -0.490 e. The van der Waals surface area contributed by atoms with Crippen LogP contribution < -0.4 is 14.4 Å². The van der Waals surface area contributed by atoms with Gasteiger partial charge < -0.3 is 14.4 Å². The van der Waals surface area contributed by atoms with Crippen molar-refractivity contribution in [3.63, 3.8) is 0 Å². The van der Waals surface area contributed by atoms with Crippen molar-refractivity contribution in [1.82, 2.24) is 0 Å². The van der Waals surface area contributed by atoms with Crippen LogP contribution in [0.15, 0.2) is 53.5 Å². The number of carbonyl (C=O) groups is 1. The molecule has 1 heterocycles. The fourth-order valence-electron chi connectivity index (χ4n) is 3.14. The second kappa shape index (κ2) is 8.44. The Bertz CT molecular complexity index is 904. The van der Waals surface area contributed by atoms with E-state index in [1.807, 2.05) is 56.3 Å². The predicted molar refractivity (Wildman–Crippen MR) is 113 cm³/mol. The van der Waals surface area contributed by atoms with Crippen LogP contribution >= 0.6 is 15.9 Å². The van der Waals surface area contributed by atoms with Crippen molar-refractivity contribution >= 4 is 39.2 Å². The number of hydrogen-bond donors (Lipinski definition) is 0. The molecule has 1 aliphatic heterocycles. The molecule has 0 radical (unpaired) electrons. The molecule has 0 saturated carbocycles. The number of nitrogens with zero attached hydrogens (tertiary/aromatic N) is 1. The molecule has 0 bridgehead atoms. The van der Waals surface area contributed by atoms with E-state index in [1.54, 1.807) is 11.0 Å². The van der Waals surface area contributed by atoms with E-state index in [0.717, 1.165) is 21.3 Å². The van der Waals surface area contributed by atoms with Gasteiger partial charge in [0.15, 0.2) is 11.5 Å². The number of amides is 1. The summed E-state index contributed by atoms with van der Waals surface area (Å²) in [7, 11) is 0. The van der Waals surface area contributed by atoms with E-state index in [4.69, 9.17) is 9.47 Å². The highest BCUT2D eigenvalue weighted by molar-refractivity contribution is 9.10. The minimum atomic E-state index is 0.0137. The minimum absolute atomic E-state index is 0.0137. The highest BCUT2D eigenvalue weighted by Crippen LogP contribution is 2.40. The Morgan fingerprint density at radius 2 is 1.96 bits per heavy atom. The van der Waals surface area contributed by atoms with Gasteiger partial charge in [0.05, 0.1) is 16.8 Å². The zero-order valence-corrected chi connectivity index (χ0v) is 17.1. The predicted octanol–water partition coefficient (Wildman–Crippen LogP) is 5.32. The molecule has 1 amide bonds. The molecule has 2 aromatic rings. The fourth-order valence-corrected chi connectivity index (χ4v) is 3.72. The number of rotatable bonds is 7. The SMILES string of the molecule is C=CCOc1c(Br)cc(/C=C2\C(=O)N(CC)c3ccccc32)cc1OCC. The number of para-hydroxylation sites is 1. The third kappa shape index (κ3) is 3.78. The van der Waals surface area contributed by atoms with Gasteiger partial charge in [-0.2, -0.15) is 0 Å². The Kier molecular flexibility index (Phi) is 6.01. The van der Waals surface area contributed by atoms with Gasteiger partial charge in [0.2, 0.25) is 0 Å². The van der Waals surface area contributed by atoms with Crippen LogP contribution in [0.2, 0.25) is 0 Å². The van der Waals surface area contributed by atoms with Crippen LogP contribution in [0.25, 0.3) is 11.6 Å². The van der Waals surface area contributed by atoms with Crippen LogP contribution in [0.1, 0.15) is 25.0 Å². The second-order valence-electron chi connectivity index (χ2n) is 5.99. The lowest BCUT2D eigenvalue weighted by Crippen LogP contribution is -2.25. The summed E-state index contributed by atoms with van der Waals surface area (Å²) < 4.78 is 12.2. The molecule has 1 aliphatic rings. The largest absolute Gasteiger partial charge is 0.490 e. The molecule has 0 unspecified atom stereocenters. The molecule has 0 aliphatic carbocycles. The van der Waals surface area contributed by atoms with Crippen molar-refractivity contribution in [2.24, 2.45) is 0 Å². The first-order chi connectivity index (χ1) is 13.1. The Balaban J connectivity index is 2.06. The first-order valence-corrected chi connectivity index (χ1v) is 9.73. The molecule has 0 atom stereocenters. The van der Waals surface area contributed by atoms with Crippen molar-refractivity contribution < 1.29 is 14.3 Å². The van der Waals surface area contributed by atoms with Gasteiger partial charge in [-0.25, -0.2) is 0 Å². The van der Waals surface area contributed by atoms with Crippen molar-refractivity contribution in [1.29, 1.82) is 0 Å². The topological polar surface area (TPSA) is 38.8 Å². The maximum atomic E-state index is 12.9. The maximum absolute atomic E-state index is 12.9. The van der Waals surface area contributed by atoms with Gasteiger partial charge in [0.25, 0.3) is 5.91 Å². The number of carbonyl (C=O) groups excluding carboxylic acids is 1. The third-order valence-electron chi connectivity index (χ3n) is 4.27. The molecule has 4 nitrogen and oxygen atoms in total. The molecular formula is C22H22BrNO3. The lowest BCUT2D eigenvalue weighted by Gasteiger charge is -2.14. The van der Waals surface area contributed by atoms with E-state index in [0.29, 0.717) is 36.8 Å². The normalized spacial score (nSPS) is 14.4. The van der Waals surface area contributed by atoms with E-state index in [1.165, 1.54) is 0 Å². The number of halogens is 1. The molecule has 0 spiro atoms. The summed E-state index contributed by atoms with van der Waals surface area (Å²) in [4.78, 5) is 14.7. The summed E-state index contributed by atoms with van der Waals surface area (Å²) in [5, 5.41) is 0. The standard InChI is InChI=1S/C22H22BrNO3/c1-4-11-27-21-18(23)13-15(14-20(21)26-6-3)12-17-16-9-7-8-10-19(16)24(5-2)22(17)25/h4,7-10,12-14H,1,5-6,11H2,2-3H3/b17-12-. The summed E-state index contributed by atoms with van der Waals surface area (Å²) in [5.41, 5.74) is 3.45. The zero-order chi connectivity index (χ0) is 19.4. The van der Waals surface area contributed by atoms with Crippen LogP contribution in [-0.2, 0) is 4.79 Å². The number of likely N-dealkylation sites (N-methyl/N-ethyl adjacent to an activating group) is 1. The summed E-state index contributed by atoms with van der Waals surface area (Å²) in [5.74, 6) is 1.28. The van der Waals surface area contributed by atoms with Gasteiger partial charge in [-0.05, 0) is 59.6 Å². The lowest BCUT2D eigenvalue weighted by atomic mass is 10.0. The third-order valence-corrected chi connectivity index (χ3v) is 4.85. The fraction of sp³-hybridized carbons (Fsp3) is 0.227. The lowest BCUT2D eigenvalue weighted by molar-refractivity contribution is -0.112. The summed E-state index contributed by atoms with van der Waals surface area (Å²) in [6.07, 6.45) is 3.59. The molecule has 0 N–H and O–H groups in total. The number of fused-ring (bicyclic) bond motifs is 1. The van der Waals surface area contributed by atoms with Crippen molar-refractivity contribution in [3.05, 3.63) is 64.7 Å². The van der Waals surface area contributed by atoms with E-state index >= 15 is 0 Å². The first-order valence-electron chi connectivity index (χ1n) is 8.93. The van der Waals surface area contributed by atoms with Gasteiger partial charge >= 0.3 is 0 Å². The van der Waals surface area contributed by atoms with Crippen LogP contribution in [0.4, 0.5) is 5.69 Å². The summed E-state index contributed by atoms with van der Waals surface area (Å²) in [6, 6.07) is 11.7. The van der Waals surface area contributed by atoms with Gasteiger partial charge in [-0.1, -0.05) is 30.9 Å². The van der Waals surface area contributed by atoms with Crippen LogP contribution in [0.3, 0.4) is 0 Å². The molecular weight excluding hydrogens is 406 g/mol. The highest BCUT2D eigenvalue weighted by Gasteiger charge is 2.30. The quantitative estimate of drug-likeness (QED) is 0.443. The average molecular weight is 428 g/mol. The molecule has 0 aromatic heterocycles. The molecule has 3 rings (SSSR count). The zero-order valence-electron chi connectivity index (χ0n) is 15.5. The Morgan fingerprint density at radius 3 is 2.67 bits per heavy atom. The Hall–Kier alpha value is -2.53. The smallest absolute Gasteiger partial charge is 0.258 e. The molecule has 0 fully saturated rings. The number of benzene rings is 2. The van der Waals surface area contributed by atoms with Crippen molar-refractivity contribution in [3.8, 4) is 11.5 Å². The highest BCUT2D eigenvalue weighted by atomic mass is 79.9. The second-order valence-corrected chi connectivity index (χ2v) is 6.84. The molecule has 2 aromatic carbocycles.